The number of rotatable bonds is 5. The average molecular weight is 487 g/mol. The maximum Gasteiger partial charge on any atom is 0.227 e. The van der Waals surface area contributed by atoms with Crippen LogP contribution in [0.1, 0.15) is 19.3 Å². The summed E-state index contributed by atoms with van der Waals surface area (Å²) in [6.45, 7) is 0. The molecule has 0 aliphatic heterocycles. The summed E-state index contributed by atoms with van der Waals surface area (Å²) in [7, 11) is 0. The number of fused-ring (bicyclic) bond motifs is 2. The Morgan fingerprint density at radius 2 is 1.78 bits per heavy atom. The molecule has 7 rings (SSSR count). The quantitative estimate of drug-likeness (QED) is 0.301. The molecule has 3 N–H and O–H groups in total. The fourth-order valence-corrected chi connectivity index (χ4v) is 4.70. The summed E-state index contributed by atoms with van der Waals surface area (Å²) in [4.78, 5) is 34.1. The van der Waals surface area contributed by atoms with E-state index in [2.05, 4.69) is 30.5 Å². The van der Waals surface area contributed by atoms with E-state index in [1.54, 1.807) is 24.8 Å². The van der Waals surface area contributed by atoms with Gasteiger partial charge in [-0.05, 0) is 54.8 Å². The van der Waals surface area contributed by atoms with Crippen LogP contribution in [-0.4, -0.2) is 41.0 Å². The van der Waals surface area contributed by atoms with Crippen molar-refractivity contribution >= 4 is 33.7 Å². The summed E-state index contributed by atoms with van der Waals surface area (Å²) < 4.78 is 0. The van der Waals surface area contributed by atoms with Crippen molar-refractivity contribution in [2.24, 2.45) is 5.92 Å². The van der Waals surface area contributed by atoms with E-state index in [-0.39, 0.29) is 11.8 Å². The van der Waals surface area contributed by atoms with Crippen LogP contribution < -0.4 is 5.32 Å². The van der Waals surface area contributed by atoms with Crippen LogP contribution in [0.4, 0.5) is 5.69 Å². The number of pyridine rings is 3. The molecule has 1 aliphatic rings. The zero-order chi connectivity index (χ0) is 24.8. The minimum absolute atomic E-state index is 0.0572. The van der Waals surface area contributed by atoms with Gasteiger partial charge in [0.1, 0.15) is 5.52 Å². The van der Waals surface area contributed by atoms with Gasteiger partial charge in [0, 0.05) is 35.6 Å². The maximum absolute atomic E-state index is 12.4. The first-order valence-electron chi connectivity index (χ1n) is 12.2. The molecule has 37 heavy (non-hydrogen) atoms. The fourth-order valence-electron chi connectivity index (χ4n) is 4.70. The highest BCUT2D eigenvalue weighted by Crippen LogP contribution is 2.32. The van der Waals surface area contributed by atoms with Gasteiger partial charge in [0.2, 0.25) is 5.91 Å². The molecule has 5 aromatic heterocycles. The Morgan fingerprint density at radius 1 is 0.892 bits per heavy atom. The Labute approximate surface area is 211 Å². The van der Waals surface area contributed by atoms with E-state index in [1.165, 1.54) is 0 Å². The van der Waals surface area contributed by atoms with Crippen LogP contribution in [0.2, 0.25) is 0 Å². The topological polar surface area (TPSA) is 125 Å². The number of imidazole rings is 1. The molecule has 0 spiro atoms. The molecule has 0 unspecified atom stereocenters. The number of nitrogens with zero attached hydrogens (tertiary/aromatic N) is 5. The molecule has 1 aromatic carbocycles. The summed E-state index contributed by atoms with van der Waals surface area (Å²) in [5.41, 5.74) is 8.18. The fraction of sp³-hybridized carbons (Fsp3) is 0.143. The molecule has 9 nitrogen and oxygen atoms in total. The SMILES string of the molecule is O=C(Nc1cncc(-c2ccc3[nH]nc(-c4nc5c(-c6ccncc6)cccc5[nH]4)c3n2)c1)C1CCC1. The van der Waals surface area contributed by atoms with Gasteiger partial charge in [-0.3, -0.25) is 19.9 Å². The number of aromatic amines is 2. The van der Waals surface area contributed by atoms with Crippen molar-refractivity contribution in [1.29, 1.82) is 0 Å². The van der Waals surface area contributed by atoms with Gasteiger partial charge in [0.25, 0.3) is 0 Å². The number of aromatic nitrogens is 7. The number of benzene rings is 1. The lowest BCUT2D eigenvalue weighted by Crippen LogP contribution is -2.28. The molecule has 0 bridgehead atoms. The van der Waals surface area contributed by atoms with Crippen LogP contribution in [0.25, 0.3) is 56.0 Å². The highest BCUT2D eigenvalue weighted by atomic mass is 16.1. The zero-order valence-electron chi connectivity index (χ0n) is 19.8. The molecular formula is C28H22N8O. The summed E-state index contributed by atoms with van der Waals surface area (Å²) in [6, 6.07) is 15.8. The van der Waals surface area contributed by atoms with E-state index in [0.29, 0.717) is 22.7 Å². The van der Waals surface area contributed by atoms with Gasteiger partial charge < -0.3 is 10.3 Å². The highest BCUT2D eigenvalue weighted by molar-refractivity contribution is 5.96. The van der Waals surface area contributed by atoms with E-state index >= 15 is 0 Å². The molecule has 1 saturated carbocycles. The molecule has 9 heteroatoms. The highest BCUT2D eigenvalue weighted by Gasteiger charge is 2.25. The number of nitrogens with one attached hydrogen (secondary N) is 3. The van der Waals surface area contributed by atoms with Crippen molar-refractivity contribution in [3.8, 4) is 33.9 Å². The molecule has 0 saturated heterocycles. The van der Waals surface area contributed by atoms with Crippen molar-refractivity contribution in [2.45, 2.75) is 19.3 Å². The predicted molar refractivity (Wildman–Crippen MR) is 141 cm³/mol. The van der Waals surface area contributed by atoms with Crippen LogP contribution >= 0.6 is 0 Å². The van der Waals surface area contributed by atoms with Crippen LogP contribution in [0.5, 0.6) is 0 Å². The number of carbonyl (C=O) groups is 1. The second-order valence-electron chi connectivity index (χ2n) is 9.27. The minimum Gasteiger partial charge on any atom is -0.336 e. The Kier molecular flexibility index (Phi) is 4.99. The second kappa shape index (κ2) is 8.63. The largest absolute Gasteiger partial charge is 0.336 e. The van der Waals surface area contributed by atoms with Crippen molar-refractivity contribution in [2.75, 3.05) is 5.32 Å². The van der Waals surface area contributed by atoms with E-state index in [4.69, 9.17) is 9.97 Å². The van der Waals surface area contributed by atoms with Gasteiger partial charge in [-0.15, -0.1) is 0 Å². The molecule has 180 valence electrons. The smallest absolute Gasteiger partial charge is 0.227 e. The first-order valence-corrected chi connectivity index (χ1v) is 12.2. The standard InChI is InChI=1S/C28H22N8O/c37-28(17-3-1-4-17)31-19-13-18(14-30-15-19)21-7-8-23-25(32-21)26(36-35-23)27-33-22-6-2-5-20(24(22)34-27)16-9-11-29-12-10-16/h2,5-15,17H,1,3-4H2,(H,31,37)(H,33,34)(H,35,36). The van der Waals surface area contributed by atoms with E-state index in [0.717, 1.165) is 58.2 Å². The van der Waals surface area contributed by atoms with E-state index < -0.39 is 0 Å². The number of para-hydroxylation sites is 1. The van der Waals surface area contributed by atoms with Crippen LogP contribution in [0, 0.1) is 5.92 Å². The average Bonchev–Trinajstić information content (AvgIpc) is 3.52. The van der Waals surface area contributed by atoms with Crippen LogP contribution in [0.3, 0.4) is 0 Å². The number of H-pyrrole nitrogens is 2. The third-order valence-electron chi connectivity index (χ3n) is 6.91. The van der Waals surface area contributed by atoms with Crippen molar-refractivity contribution in [3.63, 3.8) is 0 Å². The molecule has 5 heterocycles. The first kappa shape index (κ1) is 21.4. The van der Waals surface area contributed by atoms with Crippen molar-refractivity contribution < 1.29 is 4.79 Å². The number of hydrogen-bond donors (Lipinski definition) is 3. The summed E-state index contributed by atoms with van der Waals surface area (Å²) in [6.07, 6.45) is 9.97. The van der Waals surface area contributed by atoms with Gasteiger partial charge >= 0.3 is 0 Å². The minimum atomic E-state index is 0.0572. The molecule has 0 atom stereocenters. The third kappa shape index (κ3) is 3.81. The molecule has 1 amide bonds. The third-order valence-corrected chi connectivity index (χ3v) is 6.91. The van der Waals surface area contributed by atoms with Gasteiger partial charge in [-0.25, -0.2) is 9.97 Å². The van der Waals surface area contributed by atoms with Crippen LogP contribution in [0.15, 0.2) is 73.3 Å². The van der Waals surface area contributed by atoms with Gasteiger partial charge in [0.05, 0.1) is 34.1 Å². The lowest BCUT2D eigenvalue weighted by molar-refractivity contribution is -0.122. The van der Waals surface area contributed by atoms with Crippen molar-refractivity contribution in [1.82, 2.24) is 35.1 Å². The maximum atomic E-state index is 12.4. The summed E-state index contributed by atoms with van der Waals surface area (Å²) in [5, 5.41) is 10.6. The molecular weight excluding hydrogens is 464 g/mol. The van der Waals surface area contributed by atoms with E-state index in [9.17, 15) is 4.79 Å². The molecule has 6 aromatic rings. The number of carbonyl (C=O) groups excluding carboxylic acids is 1. The number of hydrogen-bond acceptors (Lipinski definition) is 6. The monoisotopic (exact) mass is 486 g/mol. The van der Waals surface area contributed by atoms with Gasteiger partial charge in [0.15, 0.2) is 11.5 Å². The lowest BCUT2D eigenvalue weighted by Gasteiger charge is -2.24. The van der Waals surface area contributed by atoms with Crippen molar-refractivity contribution in [3.05, 3.63) is 73.3 Å². The Hall–Kier alpha value is -4.92. The second-order valence-corrected chi connectivity index (χ2v) is 9.27. The van der Waals surface area contributed by atoms with Crippen LogP contribution in [-0.2, 0) is 4.79 Å². The summed E-state index contributed by atoms with van der Waals surface area (Å²) >= 11 is 0. The van der Waals surface area contributed by atoms with Gasteiger partial charge in [-0.2, -0.15) is 5.10 Å². The number of amides is 1. The Balaban J connectivity index is 1.26. The normalized spacial score (nSPS) is 13.6. The Morgan fingerprint density at radius 3 is 2.62 bits per heavy atom. The van der Waals surface area contributed by atoms with Gasteiger partial charge in [-0.1, -0.05) is 18.6 Å². The Bertz CT molecular complexity index is 1770. The zero-order valence-corrected chi connectivity index (χ0v) is 19.8. The molecule has 1 aliphatic carbocycles. The first-order chi connectivity index (χ1) is 18.2. The number of anilines is 1. The van der Waals surface area contributed by atoms with E-state index in [1.807, 2.05) is 48.5 Å². The lowest BCUT2D eigenvalue weighted by atomic mass is 9.85. The summed E-state index contributed by atoms with van der Waals surface area (Å²) in [5.74, 6) is 0.795. The molecule has 0 radical (unpaired) electrons. The predicted octanol–water partition coefficient (Wildman–Crippen LogP) is 5.36. The molecule has 1 fully saturated rings.